The maximum atomic E-state index is 13.3. The summed E-state index contributed by atoms with van der Waals surface area (Å²) in [5.41, 5.74) is -0.296. The number of pyridine rings is 1. The molecule has 9 nitrogen and oxygen atoms in total. The van der Waals surface area contributed by atoms with Gasteiger partial charge in [-0.2, -0.15) is 18.2 Å². The molecule has 0 amide bonds. The van der Waals surface area contributed by atoms with E-state index >= 15 is 0 Å². The molecule has 4 heterocycles. The quantitative estimate of drug-likeness (QED) is 0.595. The first kappa shape index (κ1) is 21.6. The third-order valence-electron chi connectivity index (χ3n) is 5.70. The number of alkyl halides is 3. The average Bonchev–Trinajstić information content (AvgIpc) is 3.27. The zero-order valence-corrected chi connectivity index (χ0v) is 17.6. The summed E-state index contributed by atoms with van der Waals surface area (Å²) in [4.78, 5) is 16.6. The first-order chi connectivity index (χ1) is 16.0. The van der Waals surface area contributed by atoms with Crippen LogP contribution in [0.15, 0.2) is 36.9 Å². The highest BCUT2D eigenvalue weighted by Crippen LogP contribution is 2.36. The number of ether oxygens (including phenoxy) is 2. The lowest BCUT2D eigenvalue weighted by atomic mass is 9.91. The van der Waals surface area contributed by atoms with E-state index in [9.17, 15) is 13.2 Å². The summed E-state index contributed by atoms with van der Waals surface area (Å²) in [5.74, 6) is 0.187. The smallest absolute Gasteiger partial charge is 0.423 e. The number of aromatic nitrogens is 6. The summed E-state index contributed by atoms with van der Waals surface area (Å²) >= 11 is 0. The van der Waals surface area contributed by atoms with Gasteiger partial charge in [0.05, 0.1) is 19.3 Å². The number of halogens is 3. The predicted octanol–water partition coefficient (Wildman–Crippen LogP) is 3.52. The Balaban J connectivity index is 1.28. The molecule has 2 atom stereocenters. The van der Waals surface area contributed by atoms with Gasteiger partial charge >= 0.3 is 6.18 Å². The van der Waals surface area contributed by atoms with E-state index in [4.69, 9.17) is 9.47 Å². The lowest BCUT2D eigenvalue weighted by Crippen LogP contribution is -2.39. The molecule has 0 unspecified atom stereocenters. The van der Waals surface area contributed by atoms with Gasteiger partial charge in [0.25, 0.3) is 0 Å². The number of anilines is 1. The van der Waals surface area contributed by atoms with Gasteiger partial charge in [-0.3, -0.25) is 4.98 Å². The van der Waals surface area contributed by atoms with E-state index in [-0.39, 0.29) is 31.2 Å². The molecule has 5 rings (SSSR count). The zero-order chi connectivity index (χ0) is 22.8. The third-order valence-corrected chi connectivity index (χ3v) is 5.70. The molecule has 1 N–H and O–H groups in total. The van der Waals surface area contributed by atoms with E-state index in [0.717, 1.165) is 25.5 Å². The molecule has 0 spiro atoms. The molecule has 33 heavy (non-hydrogen) atoms. The van der Waals surface area contributed by atoms with E-state index in [1.54, 1.807) is 12.5 Å². The van der Waals surface area contributed by atoms with Gasteiger partial charge in [-0.1, -0.05) is 6.07 Å². The Bertz CT molecular complexity index is 1090. The molecule has 0 bridgehead atoms. The van der Waals surface area contributed by atoms with E-state index in [0.29, 0.717) is 17.9 Å². The van der Waals surface area contributed by atoms with Gasteiger partial charge in [0.2, 0.25) is 11.8 Å². The number of hydrogen-bond acceptors (Lipinski definition) is 8. The molecule has 0 radical (unpaired) electrons. The Labute approximate surface area is 187 Å². The van der Waals surface area contributed by atoms with Gasteiger partial charge < -0.3 is 14.8 Å². The molecule has 3 aromatic heterocycles. The monoisotopic (exact) mass is 461 g/mol. The van der Waals surface area contributed by atoms with E-state index in [1.807, 2.05) is 22.9 Å². The van der Waals surface area contributed by atoms with Crippen LogP contribution in [0.5, 0.6) is 5.88 Å². The van der Waals surface area contributed by atoms with Crippen LogP contribution < -0.4 is 10.1 Å². The summed E-state index contributed by atoms with van der Waals surface area (Å²) in [5, 5.41) is 7.75. The van der Waals surface area contributed by atoms with E-state index < -0.39 is 23.7 Å². The van der Waals surface area contributed by atoms with Gasteiger partial charge in [0, 0.05) is 18.4 Å². The van der Waals surface area contributed by atoms with Crippen LogP contribution in [-0.2, 0) is 10.9 Å². The summed E-state index contributed by atoms with van der Waals surface area (Å²) in [7, 11) is 0. The third kappa shape index (κ3) is 4.90. The molecular formula is C21H22F3N7O2. The fourth-order valence-electron chi connectivity index (χ4n) is 3.94. The highest BCUT2D eigenvalue weighted by Gasteiger charge is 2.38. The lowest BCUT2D eigenvalue weighted by molar-refractivity contribution is -0.142. The van der Waals surface area contributed by atoms with E-state index in [2.05, 4.69) is 30.4 Å². The fraction of sp³-hybridized carbons (Fsp3) is 0.476. The van der Waals surface area contributed by atoms with Gasteiger partial charge in [-0.15, -0.1) is 5.10 Å². The molecule has 1 saturated carbocycles. The number of nitrogens with one attached hydrogen (secondary N) is 1. The van der Waals surface area contributed by atoms with Crippen LogP contribution in [0.25, 0.3) is 11.5 Å². The summed E-state index contributed by atoms with van der Waals surface area (Å²) in [6.07, 6.45) is 2.51. The van der Waals surface area contributed by atoms with Crippen molar-refractivity contribution in [2.75, 3.05) is 18.5 Å². The Hall–Kier alpha value is -3.28. The lowest BCUT2D eigenvalue weighted by Gasteiger charge is -2.30. The second kappa shape index (κ2) is 8.93. The zero-order valence-electron chi connectivity index (χ0n) is 17.6. The molecule has 174 valence electrons. The van der Waals surface area contributed by atoms with Gasteiger partial charge in [0.1, 0.15) is 23.7 Å². The van der Waals surface area contributed by atoms with Gasteiger partial charge in [-0.05, 0) is 37.8 Å². The molecule has 1 saturated heterocycles. The second-order valence-electron chi connectivity index (χ2n) is 8.11. The van der Waals surface area contributed by atoms with E-state index in [1.165, 1.54) is 0 Å². The maximum Gasteiger partial charge on any atom is 0.423 e. The first-order valence-corrected chi connectivity index (χ1v) is 10.7. The molecule has 0 aromatic carbocycles. The molecule has 1 aliphatic heterocycles. The standard InChI is InChI=1S/C21H22F3N7O2/c22-21(23,24)16-9-26-20(29-19(16)33-15-10-32-11-15)28-13-4-3-5-14(8-13)31-12-27-18(30-31)17-6-1-2-7-25-17/h1-2,6-7,9,12-15H,3-5,8,10-11H2,(H,26,28,29)/t13-,14-/m0/s1. The maximum absolute atomic E-state index is 13.3. The van der Waals surface area contributed by atoms with Crippen molar-refractivity contribution in [1.82, 2.24) is 29.7 Å². The van der Waals surface area contributed by atoms with Crippen LogP contribution in [-0.4, -0.2) is 55.1 Å². The highest BCUT2D eigenvalue weighted by atomic mass is 19.4. The minimum atomic E-state index is -4.60. The average molecular weight is 461 g/mol. The number of hydrogen-bond donors (Lipinski definition) is 1. The highest BCUT2D eigenvalue weighted by molar-refractivity contribution is 5.47. The predicted molar refractivity (Wildman–Crippen MR) is 110 cm³/mol. The molecule has 2 fully saturated rings. The minimum Gasteiger partial charge on any atom is -0.469 e. The Morgan fingerprint density at radius 2 is 2.00 bits per heavy atom. The minimum absolute atomic E-state index is 0.0251. The molecule has 12 heteroatoms. The molecular weight excluding hydrogens is 439 g/mol. The molecule has 1 aliphatic carbocycles. The number of nitrogens with zero attached hydrogens (tertiary/aromatic N) is 6. The van der Waals surface area contributed by atoms with Gasteiger partial charge in [-0.25, -0.2) is 14.6 Å². The van der Waals surface area contributed by atoms with Crippen molar-refractivity contribution in [3.8, 4) is 17.4 Å². The van der Waals surface area contributed by atoms with Crippen LogP contribution >= 0.6 is 0 Å². The summed E-state index contributed by atoms with van der Waals surface area (Å²) in [6, 6.07) is 5.63. The van der Waals surface area contributed by atoms with Gasteiger partial charge in [0.15, 0.2) is 5.82 Å². The van der Waals surface area contributed by atoms with Crippen LogP contribution in [0.3, 0.4) is 0 Å². The van der Waals surface area contributed by atoms with Crippen molar-refractivity contribution in [3.05, 3.63) is 42.5 Å². The van der Waals surface area contributed by atoms with Crippen LogP contribution in [0.2, 0.25) is 0 Å². The van der Waals surface area contributed by atoms with Crippen molar-refractivity contribution in [1.29, 1.82) is 0 Å². The van der Waals surface area contributed by atoms with Crippen LogP contribution in [0, 0.1) is 0 Å². The Morgan fingerprint density at radius 1 is 1.12 bits per heavy atom. The van der Waals surface area contributed by atoms with Crippen molar-refractivity contribution < 1.29 is 22.6 Å². The SMILES string of the molecule is FC(F)(F)c1cnc(N[C@H]2CCC[C@H](n3cnc(-c4ccccn4)n3)C2)nc1OC1COC1. The summed E-state index contributed by atoms with van der Waals surface area (Å²) in [6.45, 7) is 0.486. The largest absolute Gasteiger partial charge is 0.469 e. The number of rotatable bonds is 6. The van der Waals surface area contributed by atoms with Crippen LogP contribution in [0.1, 0.15) is 37.3 Å². The molecule has 3 aromatic rings. The first-order valence-electron chi connectivity index (χ1n) is 10.7. The Morgan fingerprint density at radius 3 is 2.73 bits per heavy atom. The molecule has 2 aliphatic rings. The topological polar surface area (TPSA) is 99.9 Å². The van der Waals surface area contributed by atoms with Crippen LogP contribution in [0.4, 0.5) is 19.1 Å². The van der Waals surface area contributed by atoms with Crippen molar-refractivity contribution >= 4 is 5.95 Å². The van der Waals surface area contributed by atoms with Crippen molar-refractivity contribution in [2.45, 2.75) is 50.0 Å². The second-order valence-corrected chi connectivity index (χ2v) is 8.11. The Kier molecular flexibility index (Phi) is 5.83. The fourth-order valence-corrected chi connectivity index (χ4v) is 3.94. The van der Waals surface area contributed by atoms with Crippen molar-refractivity contribution in [2.24, 2.45) is 0 Å². The normalized spacial score (nSPS) is 21.4. The van der Waals surface area contributed by atoms with Crippen molar-refractivity contribution in [3.63, 3.8) is 0 Å². The summed E-state index contributed by atoms with van der Waals surface area (Å²) < 4.78 is 52.3.